The van der Waals surface area contributed by atoms with Gasteiger partial charge in [0.25, 0.3) is 0 Å². The number of rotatable bonds is 2. The van der Waals surface area contributed by atoms with Gasteiger partial charge in [0.05, 0.1) is 17.1 Å². The molecular weight excluding hydrogens is 304 g/mol. The van der Waals surface area contributed by atoms with Crippen LogP contribution in [0.4, 0.5) is 11.4 Å². The molecule has 1 atom stereocenters. The van der Waals surface area contributed by atoms with E-state index in [2.05, 4.69) is 92.8 Å². The normalized spacial score (nSPS) is 18.9. The maximum Gasteiger partial charge on any atom is 0.103 e. The highest BCUT2D eigenvalue weighted by Gasteiger charge is 2.37. The zero-order valence-electron chi connectivity index (χ0n) is 14.9. The van der Waals surface area contributed by atoms with Crippen molar-refractivity contribution in [3.8, 4) is 0 Å². The number of fused-ring (bicyclic) bond motifs is 1. The SMILES string of the molecule is Cc1ccc(C)c2c1N=C(c1ccccc1)C(C)(c1ccccc1)N2. The van der Waals surface area contributed by atoms with E-state index in [1.807, 2.05) is 6.07 Å². The summed E-state index contributed by atoms with van der Waals surface area (Å²) in [5, 5.41) is 3.82. The smallest absolute Gasteiger partial charge is 0.103 e. The average Bonchev–Trinajstić information content (AvgIpc) is 2.66. The van der Waals surface area contributed by atoms with Gasteiger partial charge in [-0.2, -0.15) is 0 Å². The number of anilines is 1. The molecule has 1 heterocycles. The minimum Gasteiger partial charge on any atom is -0.369 e. The first-order valence-electron chi connectivity index (χ1n) is 8.68. The van der Waals surface area contributed by atoms with Crippen molar-refractivity contribution in [3.63, 3.8) is 0 Å². The molecule has 2 nitrogen and oxygen atoms in total. The molecule has 0 saturated heterocycles. The predicted molar refractivity (Wildman–Crippen MR) is 106 cm³/mol. The molecule has 0 saturated carbocycles. The Bertz CT molecular complexity index is 943. The predicted octanol–water partition coefficient (Wildman–Crippen LogP) is 5.77. The third-order valence-electron chi connectivity index (χ3n) is 5.06. The Labute approximate surface area is 149 Å². The maximum absolute atomic E-state index is 5.16. The Morgan fingerprint density at radius 3 is 2.04 bits per heavy atom. The zero-order valence-corrected chi connectivity index (χ0v) is 14.9. The van der Waals surface area contributed by atoms with Gasteiger partial charge in [-0.3, -0.25) is 0 Å². The summed E-state index contributed by atoms with van der Waals surface area (Å²) < 4.78 is 0. The molecule has 1 unspecified atom stereocenters. The van der Waals surface area contributed by atoms with Gasteiger partial charge in [-0.05, 0) is 43.0 Å². The molecule has 0 aromatic heterocycles. The number of hydrogen-bond acceptors (Lipinski definition) is 2. The van der Waals surface area contributed by atoms with Crippen molar-refractivity contribution in [2.24, 2.45) is 4.99 Å². The van der Waals surface area contributed by atoms with Crippen molar-refractivity contribution >= 4 is 17.1 Å². The van der Waals surface area contributed by atoms with Crippen LogP contribution in [0.25, 0.3) is 0 Å². The van der Waals surface area contributed by atoms with Crippen LogP contribution in [0.5, 0.6) is 0 Å². The second kappa shape index (κ2) is 5.89. The summed E-state index contributed by atoms with van der Waals surface area (Å²) in [6.45, 7) is 6.48. The highest BCUT2D eigenvalue weighted by molar-refractivity contribution is 6.13. The molecule has 0 amide bonds. The van der Waals surface area contributed by atoms with Gasteiger partial charge in [0, 0.05) is 0 Å². The van der Waals surface area contributed by atoms with Gasteiger partial charge in [-0.15, -0.1) is 0 Å². The van der Waals surface area contributed by atoms with Crippen LogP contribution >= 0.6 is 0 Å². The Morgan fingerprint density at radius 2 is 1.36 bits per heavy atom. The molecule has 1 N–H and O–H groups in total. The Balaban J connectivity index is 2.00. The Morgan fingerprint density at radius 1 is 0.760 bits per heavy atom. The van der Waals surface area contributed by atoms with Crippen LogP contribution in [0.15, 0.2) is 77.8 Å². The van der Waals surface area contributed by atoms with Gasteiger partial charge in [-0.25, -0.2) is 4.99 Å². The second-order valence-corrected chi connectivity index (χ2v) is 6.87. The van der Waals surface area contributed by atoms with Crippen LogP contribution < -0.4 is 5.32 Å². The molecule has 0 bridgehead atoms. The molecule has 25 heavy (non-hydrogen) atoms. The number of hydrogen-bond donors (Lipinski definition) is 1. The van der Waals surface area contributed by atoms with Crippen LogP contribution in [0.1, 0.15) is 29.2 Å². The largest absolute Gasteiger partial charge is 0.369 e. The number of nitrogens with one attached hydrogen (secondary N) is 1. The summed E-state index contributed by atoms with van der Waals surface area (Å²) in [4.78, 5) is 5.16. The van der Waals surface area contributed by atoms with Gasteiger partial charge < -0.3 is 5.32 Å². The lowest BCUT2D eigenvalue weighted by Gasteiger charge is -2.39. The fraction of sp³-hybridized carbons (Fsp3) is 0.174. The molecule has 0 spiro atoms. The summed E-state index contributed by atoms with van der Waals surface area (Å²) in [6, 6.07) is 25.3. The number of benzene rings is 3. The van der Waals surface area contributed by atoms with E-state index < -0.39 is 0 Å². The van der Waals surface area contributed by atoms with E-state index >= 15 is 0 Å². The number of aryl methyl sites for hydroxylation is 2. The van der Waals surface area contributed by atoms with E-state index in [9.17, 15) is 0 Å². The highest BCUT2D eigenvalue weighted by atomic mass is 15.1. The van der Waals surface area contributed by atoms with E-state index in [1.165, 1.54) is 16.7 Å². The first-order valence-corrected chi connectivity index (χ1v) is 8.68. The quantitative estimate of drug-likeness (QED) is 0.635. The van der Waals surface area contributed by atoms with E-state index in [-0.39, 0.29) is 5.54 Å². The molecule has 124 valence electrons. The zero-order chi connectivity index (χ0) is 17.4. The summed E-state index contributed by atoms with van der Waals surface area (Å²) >= 11 is 0. The topological polar surface area (TPSA) is 24.4 Å². The van der Waals surface area contributed by atoms with Crippen LogP contribution in [0.3, 0.4) is 0 Å². The molecule has 0 aliphatic carbocycles. The van der Waals surface area contributed by atoms with Gasteiger partial charge in [0.15, 0.2) is 0 Å². The summed E-state index contributed by atoms with van der Waals surface area (Å²) in [5.41, 5.74) is 7.62. The molecule has 3 aromatic rings. The van der Waals surface area contributed by atoms with Crippen molar-refractivity contribution in [1.29, 1.82) is 0 Å². The maximum atomic E-state index is 5.16. The van der Waals surface area contributed by atoms with Crippen molar-refractivity contribution in [2.75, 3.05) is 5.32 Å². The van der Waals surface area contributed by atoms with Gasteiger partial charge in [0.1, 0.15) is 5.54 Å². The lowest BCUT2D eigenvalue weighted by molar-refractivity contribution is 0.729. The standard InChI is InChI=1S/C23H22N2/c1-16-14-15-17(2)21-20(16)24-22(18-10-6-4-7-11-18)23(3,25-21)19-12-8-5-9-13-19/h4-15,25H,1-3H3. The van der Waals surface area contributed by atoms with Gasteiger partial charge in [-0.1, -0.05) is 72.8 Å². The van der Waals surface area contributed by atoms with Crippen molar-refractivity contribution in [1.82, 2.24) is 0 Å². The fourth-order valence-electron chi connectivity index (χ4n) is 3.56. The van der Waals surface area contributed by atoms with Gasteiger partial charge >= 0.3 is 0 Å². The first-order chi connectivity index (χ1) is 12.1. The molecule has 0 radical (unpaired) electrons. The van der Waals surface area contributed by atoms with E-state index in [1.54, 1.807) is 0 Å². The van der Waals surface area contributed by atoms with Crippen molar-refractivity contribution in [3.05, 3.63) is 95.1 Å². The summed E-state index contributed by atoms with van der Waals surface area (Å²) in [5.74, 6) is 0. The van der Waals surface area contributed by atoms with Crippen LogP contribution in [-0.4, -0.2) is 5.71 Å². The molecular formula is C23H22N2. The molecule has 4 rings (SSSR count). The van der Waals surface area contributed by atoms with E-state index in [0.29, 0.717) is 0 Å². The number of nitrogens with zero attached hydrogens (tertiary/aromatic N) is 1. The lowest BCUT2D eigenvalue weighted by Crippen LogP contribution is -2.43. The van der Waals surface area contributed by atoms with Crippen molar-refractivity contribution in [2.45, 2.75) is 26.3 Å². The van der Waals surface area contributed by atoms with Crippen LogP contribution in [0, 0.1) is 13.8 Å². The lowest BCUT2D eigenvalue weighted by atomic mass is 9.81. The minimum atomic E-state index is -0.381. The molecule has 1 aliphatic rings. The van der Waals surface area contributed by atoms with Crippen molar-refractivity contribution < 1.29 is 0 Å². The first kappa shape index (κ1) is 15.6. The number of aliphatic imine (C=N–C) groups is 1. The molecule has 3 aromatic carbocycles. The summed E-state index contributed by atoms with van der Waals surface area (Å²) in [6.07, 6.45) is 0. The molecule has 0 fully saturated rings. The van der Waals surface area contributed by atoms with Crippen LogP contribution in [-0.2, 0) is 5.54 Å². The molecule has 1 aliphatic heterocycles. The van der Waals surface area contributed by atoms with E-state index in [0.717, 1.165) is 22.6 Å². The Kier molecular flexibility index (Phi) is 3.69. The third-order valence-corrected chi connectivity index (χ3v) is 5.06. The highest BCUT2D eigenvalue weighted by Crippen LogP contribution is 2.43. The fourth-order valence-corrected chi connectivity index (χ4v) is 3.56. The third kappa shape index (κ3) is 2.54. The second-order valence-electron chi connectivity index (χ2n) is 6.87. The molecule has 2 heteroatoms. The summed E-state index contributed by atoms with van der Waals surface area (Å²) in [7, 11) is 0. The Hall–Kier alpha value is -2.87. The monoisotopic (exact) mass is 326 g/mol. The minimum absolute atomic E-state index is 0.381. The van der Waals surface area contributed by atoms with Gasteiger partial charge in [0.2, 0.25) is 0 Å². The average molecular weight is 326 g/mol. The van der Waals surface area contributed by atoms with E-state index in [4.69, 9.17) is 4.99 Å². The van der Waals surface area contributed by atoms with Crippen LogP contribution in [0.2, 0.25) is 0 Å².